The number of rotatable bonds is 7. The largest absolute Gasteiger partial charge is 0.493 e. The lowest BCUT2D eigenvalue weighted by Crippen LogP contribution is -2.28. The monoisotopic (exact) mass is 368 g/mol. The van der Waals surface area contributed by atoms with E-state index >= 15 is 0 Å². The first kappa shape index (κ1) is 18.6. The normalized spacial score (nSPS) is 11.9. The summed E-state index contributed by atoms with van der Waals surface area (Å²) in [6, 6.07) is 11.6. The second kappa shape index (κ2) is 8.03. The van der Waals surface area contributed by atoms with Crippen LogP contribution in [0.5, 0.6) is 17.2 Å². The molecular weight excluding hydrogens is 344 g/mol. The molecule has 3 aromatic rings. The van der Waals surface area contributed by atoms with E-state index in [0.717, 1.165) is 22.0 Å². The summed E-state index contributed by atoms with van der Waals surface area (Å²) in [5.74, 6) is 1.56. The minimum Gasteiger partial charge on any atom is -0.493 e. The molecule has 1 unspecified atom stereocenters. The highest BCUT2D eigenvalue weighted by molar-refractivity contribution is 5.96. The number of carbonyl (C=O) groups is 1. The van der Waals surface area contributed by atoms with Crippen LogP contribution >= 0.6 is 0 Å². The topological polar surface area (TPSA) is 72.6 Å². The molecule has 6 heteroatoms. The number of carbonyl (C=O) groups excluding carboxylic acids is 1. The molecule has 1 atom stereocenters. The molecule has 2 aromatic carbocycles. The summed E-state index contributed by atoms with van der Waals surface area (Å²) in [5, 5.41) is 3.86. The summed E-state index contributed by atoms with van der Waals surface area (Å²) in [4.78, 5) is 15.8. The van der Waals surface area contributed by atoms with Crippen molar-refractivity contribution in [3.05, 3.63) is 53.7 Å². The maximum Gasteiger partial charge on any atom is 0.224 e. The minimum absolute atomic E-state index is 0.0657. The number of fused-ring (bicyclic) bond motifs is 1. The molecule has 0 aliphatic carbocycles. The van der Waals surface area contributed by atoms with Crippen LogP contribution in [0, 0.1) is 0 Å². The molecule has 1 heterocycles. The molecule has 0 radical (unpaired) electrons. The van der Waals surface area contributed by atoms with Gasteiger partial charge in [0.2, 0.25) is 11.7 Å². The van der Waals surface area contributed by atoms with Crippen molar-refractivity contribution in [2.45, 2.75) is 19.4 Å². The molecule has 1 amide bonds. The van der Waals surface area contributed by atoms with E-state index in [9.17, 15) is 4.79 Å². The Morgan fingerprint density at radius 3 is 2.41 bits per heavy atom. The van der Waals surface area contributed by atoms with E-state index in [1.165, 1.54) is 0 Å². The number of benzene rings is 2. The molecule has 6 nitrogen and oxygen atoms in total. The molecule has 27 heavy (non-hydrogen) atoms. The zero-order valence-electron chi connectivity index (χ0n) is 16.0. The summed E-state index contributed by atoms with van der Waals surface area (Å²) < 4.78 is 16.4. The van der Waals surface area contributed by atoms with Gasteiger partial charge in [-0.3, -0.25) is 4.79 Å². The average Bonchev–Trinajstić information content (AvgIpc) is 3.09. The van der Waals surface area contributed by atoms with Gasteiger partial charge < -0.3 is 24.5 Å². The van der Waals surface area contributed by atoms with Crippen molar-refractivity contribution in [2.24, 2.45) is 0 Å². The molecule has 1 aromatic heterocycles. The van der Waals surface area contributed by atoms with Crippen LogP contribution in [0.2, 0.25) is 0 Å². The second-order valence-electron chi connectivity index (χ2n) is 6.26. The minimum atomic E-state index is -0.0690. The van der Waals surface area contributed by atoms with Crippen molar-refractivity contribution in [2.75, 3.05) is 21.3 Å². The number of methoxy groups -OCH3 is 3. The lowest BCUT2D eigenvalue weighted by molar-refractivity contribution is -0.121. The summed E-state index contributed by atoms with van der Waals surface area (Å²) in [7, 11) is 4.71. The highest BCUT2D eigenvalue weighted by Gasteiger charge is 2.21. The smallest absolute Gasteiger partial charge is 0.224 e. The predicted octanol–water partition coefficient (Wildman–Crippen LogP) is 3.61. The van der Waals surface area contributed by atoms with E-state index in [4.69, 9.17) is 14.2 Å². The molecule has 0 fully saturated rings. The Hall–Kier alpha value is -3.15. The molecule has 0 aliphatic heterocycles. The number of hydrogen-bond donors (Lipinski definition) is 2. The third-order valence-electron chi connectivity index (χ3n) is 4.58. The van der Waals surface area contributed by atoms with Crippen molar-refractivity contribution in [1.29, 1.82) is 0 Å². The van der Waals surface area contributed by atoms with E-state index in [-0.39, 0.29) is 18.4 Å². The van der Waals surface area contributed by atoms with Crippen molar-refractivity contribution < 1.29 is 19.0 Å². The Bertz CT molecular complexity index is 934. The van der Waals surface area contributed by atoms with Crippen molar-refractivity contribution in [3.63, 3.8) is 0 Å². The number of amides is 1. The van der Waals surface area contributed by atoms with Gasteiger partial charge in [0.15, 0.2) is 11.5 Å². The van der Waals surface area contributed by atoms with Crippen molar-refractivity contribution in [1.82, 2.24) is 10.3 Å². The Labute approximate surface area is 158 Å². The van der Waals surface area contributed by atoms with Gasteiger partial charge in [0.25, 0.3) is 0 Å². The zero-order valence-corrected chi connectivity index (χ0v) is 16.0. The average molecular weight is 368 g/mol. The highest BCUT2D eigenvalue weighted by Crippen LogP contribution is 2.44. The summed E-state index contributed by atoms with van der Waals surface area (Å²) in [5.41, 5.74) is 2.72. The Morgan fingerprint density at radius 2 is 1.78 bits per heavy atom. The Balaban J connectivity index is 1.88. The van der Waals surface area contributed by atoms with Crippen LogP contribution in [-0.4, -0.2) is 32.2 Å². The molecule has 0 bridgehead atoms. The molecule has 0 spiro atoms. The maximum absolute atomic E-state index is 12.6. The highest BCUT2D eigenvalue weighted by atomic mass is 16.5. The van der Waals surface area contributed by atoms with Crippen LogP contribution in [0.3, 0.4) is 0 Å². The number of H-pyrrole nitrogens is 1. The van der Waals surface area contributed by atoms with Gasteiger partial charge in [0, 0.05) is 17.6 Å². The fourth-order valence-corrected chi connectivity index (χ4v) is 3.26. The van der Waals surface area contributed by atoms with Gasteiger partial charge in [0.1, 0.15) is 0 Å². The first-order chi connectivity index (χ1) is 13.1. The van der Waals surface area contributed by atoms with Gasteiger partial charge in [-0.25, -0.2) is 0 Å². The molecule has 142 valence electrons. The van der Waals surface area contributed by atoms with Gasteiger partial charge in [-0.1, -0.05) is 30.3 Å². The van der Waals surface area contributed by atoms with Gasteiger partial charge in [0.05, 0.1) is 39.3 Å². The maximum atomic E-state index is 12.6. The van der Waals surface area contributed by atoms with Crippen molar-refractivity contribution >= 4 is 16.8 Å². The van der Waals surface area contributed by atoms with Crippen LogP contribution in [-0.2, 0) is 11.2 Å². The number of ether oxygens (including phenoxy) is 3. The van der Waals surface area contributed by atoms with Crippen LogP contribution in [0.25, 0.3) is 10.9 Å². The van der Waals surface area contributed by atoms with Crippen molar-refractivity contribution in [3.8, 4) is 17.2 Å². The first-order valence-corrected chi connectivity index (χ1v) is 8.72. The third-order valence-corrected chi connectivity index (χ3v) is 4.58. The molecule has 0 saturated carbocycles. The van der Waals surface area contributed by atoms with Gasteiger partial charge >= 0.3 is 0 Å². The number of nitrogens with one attached hydrogen (secondary N) is 2. The second-order valence-corrected chi connectivity index (χ2v) is 6.26. The molecular formula is C21H24N2O4. The zero-order chi connectivity index (χ0) is 19.4. The van der Waals surface area contributed by atoms with Gasteiger partial charge in [-0.05, 0) is 18.1 Å². The SMILES string of the molecule is COc1cc2[nH]cc(CC(=O)NC(C)c3ccccc3)c2c(OC)c1OC. The molecule has 2 N–H and O–H groups in total. The van der Waals surface area contributed by atoms with Gasteiger partial charge in [-0.15, -0.1) is 0 Å². The predicted molar refractivity (Wildman–Crippen MR) is 105 cm³/mol. The third kappa shape index (κ3) is 3.69. The fraction of sp³-hybridized carbons (Fsp3) is 0.286. The molecule has 0 aliphatic rings. The van der Waals surface area contributed by atoms with E-state index < -0.39 is 0 Å². The summed E-state index contributed by atoms with van der Waals surface area (Å²) >= 11 is 0. The van der Waals surface area contributed by atoms with E-state index in [2.05, 4.69) is 10.3 Å². The van der Waals surface area contributed by atoms with E-state index in [1.54, 1.807) is 21.3 Å². The van der Waals surface area contributed by atoms with Gasteiger partial charge in [-0.2, -0.15) is 0 Å². The lowest BCUT2D eigenvalue weighted by Gasteiger charge is -2.15. The first-order valence-electron chi connectivity index (χ1n) is 8.72. The fourth-order valence-electron chi connectivity index (χ4n) is 3.26. The van der Waals surface area contributed by atoms with Crippen LogP contribution in [0.1, 0.15) is 24.1 Å². The summed E-state index contributed by atoms with van der Waals surface area (Å²) in [6.45, 7) is 1.97. The Morgan fingerprint density at radius 1 is 1.07 bits per heavy atom. The van der Waals surface area contributed by atoms with Crippen LogP contribution in [0.4, 0.5) is 0 Å². The molecule has 3 rings (SSSR count). The number of hydrogen-bond acceptors (Lipinski definition) is 4. The quantitative estimate of drug-likeness (QED) is 0.668. The van der Waals surface area contributed by atoms with E-state index in [0.29, 0.717) is 17.2 Å². The number of aromatic amines is 1. The molecule has 0 saturated heterocycles. The van der Waals surface area contributed by atoms with Crippen LogP contribution in [0.15, 0.2) is 42.6 Å². The summed E-state index contributed by atoms with van der Waals surface area (Å²) in [6.07, 6.45) is 2.04. The number of aromatic nitrogens is 1. The lowest BCUT2D eigenvalue weighted by atomic mass is 10.1. The standard InChI is InChI=1S/C21H24N2O4/c1-13(14-8-6-5-7-9-14)23-18(24)10-15-12-22-16-11-17(25-2)20(26-3)21(27-4)19(15)16/h5-9,11-13,22H,10H2,1-4H3,(H,23,24). The Kier molecular flexibility index (Phi) is 5.54. The van der Waals surface area contributed by atoms with Crippen LogP contribution < -0.4 is 19.5 Å². The van der Waals surface area contributed by atoms with E-state index in [1.807, 2.05) is 49.5 Å².